The predicted octanol–water partition coefficient (Wildman–Crippen LogP) is 4.18. The molecule has 0 unspecified atom stereocenters. The van der Waals surface area contributed by atoms with Gasteiger partial charge in [-0.05, 0) is 25.0 Å². The van der Waals surface area contributed by atoms with Gasteiger partial charge in [0.1, 0.15) is 5.75 Å². The molecular weight excluding hydrogens is 264 g/mol. The monoisotopic (exact) mass is 290 g/mol. The van der Waals surface area contributed by atoms with Gasteiger partial charge in [-0.2, -0.15) is 0 Å². The highest BCUT2D eigenvalue weighted by Gasteiger charge is 2.12. The first-order chi connectivity index (χ1) is 10.2. The lowest BCUT2D eigenvalue weighted by Crippen LogP contribution is -2.20. The molecule has 4 heteroatoms. The van der Waals surface area contributed by atoms with Crippen LogP contribution in [0.15, 0.2) is 18.2 Å². The fourth-order valence-corrected chi connectivity index (χ4v) is 2.91. The zero-order chi connectivity index (χ0) is 15.1. The van der Waals surface area contributed by atoms with Crippen molar-refractivity contribution < 1.29 is 9.53 Å². The van der Waals surface area contributed by atoms with Crippen molar-refractivity contribution >= 4 is 17.3 Å². The first kappa shape index (κ1) is 15.7. The number of hydrogen-bond acceptors (Lipinski definition) is 3. The molecule has 0 saturated heterocycles. The van der Waals surface area contributed by atoms with Crippen LogP contribution < -0.4 is 15.4 Å². The lowest BCUT2D eigenvalue weighted by molar-refractivity contribution is -0.114. The van der Waals surface area contributed by atoms with Gasteiger partial charge in [0.15, 0.2) is 0 Å². The van der Waals surface area contributed by atoms with Gasteiger partial charge >= 0.3 is 0 Å². The van der Waals surface area contributed by atoms with Gasteiger partial charge in [0.25, 0.3) is 0 Å². The zero-order valence-corrected chi connectivity index (χ0v) is 13.1. The molecule has 116 valence electrons. The Labute approximate surface area is 127 Å². The second-order valence-electron chi connectivity index (χ2n) is 5.78. The Morgan fingerprint density at radius 3 is 2.43 bits per heavy atom. The molecule has 1 aromatic rings. The van der Waals surface area contributed by atoms with Crippen molar-refractivity contribution in [3.8, 4) is 5.75 Å². The second kappa shape index (κ2) is 7.91. The minimum absolute atomic E-state index is 0.0889. The van der Waals surface area contributed by atoms with E-state index in [0.717, 1.165) is 5.69 Å². The smallest absolute Gasteiger partial charge is 0.221 e. The minimum atomic E-state index is -0.0889. The number of hydrogen-bond donors (Lipinski definition) is 2. The fraction of sp³-hybridized carbons (Fsp3) is 0.588. The largest absolute Gasteiger partial charge is 0.494 e. The van der Waals surface area contributed by atoms with Crippen molar-refractivity contribution in [2.24, 2.45) is 0 Å². The number of amides is 1. The molecule has 0 radical (unpaired) electrons. The van der Waals surface area contributed by atoms with Crippen LogP contribution >= 0.6 is 0 Å². The zero-order valence-electron chi connectivity index (χ0n) is 13.1. The lowest BCUT2D eigenvalue weighted by atomic mass is 9.96. The van der Waals surface area contributed by atoms with Gasteiger partial charge in [0.05, 0.1) is 12.8 Å². The normalized spacial score (nSPS) is 16.7. The van der Waals surface area contributed by atoms with Gasteiger partial charge < -0.3 is 15.4 Å². The van der Waals surface area contributed by atoms with Crippen molar-refractivity contribution in [3.05, 3.63) is 18.2 Å². The molecule has 0 aliphatic heterocycles. The molecular formula is C17H26N2O2. The van der Waals surface area contributed by atoms with Gasteiger partial charge in [0.2, 0.25) is 5.91 Å². The summed E-state index contributed by atoms with van der Waals surface area (Å²) >= 11 is 0. The van der Waals surface area contributed by atoms with Crippen LogP contribution in [0.1, 0.15) is 51.9 Å². The standard InChI is InChI=1S/C17H26N2O2/c1-13(20)18-16-11-10-15(12-17(16)21-2)19-14-8-6-4-3-5-7-9-14/h10-12,14,19H,3-9H2,1-2H3,(H,18,20). The second-order valence-corrected chi connectivity index (χ2v) is 5.78. The van der Waals surface area contributed by atoms with E-state index in [1.807, 2.05) is 18.2 Å². The lowest BCUT2D eigenvalue weighted by Gasteiger charge is -2.22. The predicted molar refractivity (Wildman–Crippen MR) is 87.0 cm³/mol. The van der Waals surface area contributed by atoms with Gasteiger partial charge in [0, 0.05) is 24.7 Å². The van der Waals surface area contributed by atoms with Crippen LogP contribution in [0.3, 0.4) is 0 Å². The third-order valence-electron chi connectivity index (χ3n) is 3.99. The summed E-state index contributed by atoms with van der Waals surface area (Å²) in [5.74, 6) is 0.607. The van der Waals surface area contributed by atoms with E-state index in [-0.39, 0.29) is 5.91 Å². The fourth-order valence-electron chi connectivity index (χ4n) is 2.91. The molecule has 1 saturated carbocycles. The number of methoxy groups -OCH3 is 1. The summed E-state index contributed by atoms with van der Waals surface area (Å²) in [5.41, 5.74) is 1.78. The summed E-state index contributed by atoms with van der Waals surface area (Å²) in [6, 6.07) is 6.41. The molecule has 2 rings (SSSR count). The van der Waals surface area contributed by atoms with Gasteiger partial charge in [-0.25, -0.2) is 0 Å². The molecule has 1 aliphatic carbocycles. The Bertz CT molecular complexity index is 466. The topological polar surface area (TPSA) is 50.4 Å². The highest BCUT2D eigenvalue weighted by Crippen LogP contribution is 2.29. The molecule has 1 amide bonds. The average molecular weight is 290 g/mol. The van der Waals surface area contributed by atoms with Crippen LogP contribution in [0.2, 0.25) is 0 Å². The Morgan fingerprint density at radius 1 is 1.14 bits per heavy atom. The number of rotatable bonds is 4. The van der Waals surface area contributed by atoms with E-state index in [2.05, 4.69) is 10.6 Å². The van der Waals surface area contributed by atoms with E-state index in [1.54, 1.807) is 7.11 Å². The highest BCUT2D eigenvalue weighted by atomic mass is 16.5. The number of carbonyl (C=O) groups is 1. The third-order valence-corrected chi connectivity index (χ3v) is 3.99. The highest BCUT2D eigenvalue weighted by molar-refractivity contribution is 5.90. The number of ether oxygens (including phenoxy) is 1. The van der Waals surface area contributed by atoms with Crippen molar-refractivity contribution in [3.63, 3.8) is 0 Å². The summed E-state index contributed by atoms with van der Waals surface area (Å²) < 4.78 is 5.37. The maximum absolute atomic E-state index is 11.2. The number of anilines is 2. The minimum Gasteiger partial charge on any atom is -0.494 e. The first-order valence-electron chi connectivity index (χ1n) is 7.91. The van der Waals surface area contributed by atoms with Gasteiger partial charge in [-0.3, -0.25) is 4.79 Å². The number of benzene rings is 1. The van der Waals surface area contributed by atoms with Crippen LogP contribution in [-0.4, -0.2) is 19.1 Å². The number of carbonyl (C=O) groups excluding carboxylic acids is 1. The van der Waals surface area contributed by atoms with E-state index in [1.165, 1.54) is 51.9 Å². The third kappa shape index (κ3) is 4.96. The van der Waals surface area contributed by atoms with Crippen LogP contribution in [0.25, 0.3) is 0 Å². The van der Waals surface area contributed by atoms with Crippen molar-refractivity contribution in [2.75, 3.05) is 17.7 Å². The molecule has 1 aliphatic rings. The average Bonchev–Trinajstić information content (AvgIpc) is 2.42. The Kier molecular flexibility index (Phi) is 5.90. The van der Waals surface area contributed by atoms with E-state index < -0.39 is 0 Å². The molecule has 0 bridgehead atoms. The van der Waals surface area contributed by atoms with Gasteiger partial charge in [-0.15, -0.1) is 0 Å². The Morgan fingerprint density at radius 2 is 1.81 bits per heavy atom. The van der Waals surface area contributed by atoms with E-state index in [4.69, 9.17) is 4.74 Å². The van der Waals surface area contributed by atoms with Crippen molar-refractivity contribution in [1.29, 1.82) is 0 Å². The molecule has 0 spiro atoms. The Balaban J connectivity index is 2.03. The van der Waals surface area contributed by atoms with Crippen LogP contribution in [0, 0.1) is 0 Å². The van der Waals surface area contributed by atoms with E-state index in [9.17, 15) is 4.79 Å². The molecule has 0 heterocycles. The summed E-state index contributed by atoms with van der Waals surface area (Å²) in [4.78, 5) is 11.2. The first-order valence-corrected chi connectivity index (χ1v) is 7.91. The molecule has 21 heavy (non-hydrogen) atoms. The molecule has 1 aromatic carbocycles. The summed E-state index contributed by atoms with van der Waals surface area (Å²) in [7, 11) is 1.63. The van der Waals surface area contributed by atoms with E-state index in [0.29, 0.717) is 17.5 Å². The quantitative estimate of drug-likeness (QED) is 0.874. The van der Waals surface area contributed by atoms with Gasteiger partial charge in [-0.1, -0.05) is 32.1 Å². The van der Waals surface area contributed by atoms with Crippen molar-refractivity contribution in [1.82, 2.24) is 0 Å². The van der Waals surface area contributed by atoms with Crippen LogP contribution in [-0.2, 0) is 4.79 Å². The summed E-state index contributed by atoms with van der Waals surface area (Å²) in [5, 5.41) is 6.39. The van der Waals surface area contributed by atoms with Crippen LogP contribution in [0.5, 0.6) is 5.75 Å². The maximum Gasteiger partial charge on any atom is 0.221 e. The molecule has 2 N–H and O–H groups in total. The summed E-state index contributed by atoms with van der Waals surface area (Å²) in [6.07, 6.45) is 9.15. The van der Waals surface area contributed by atoms with Crippen molar-refractivity contribution in [2.45, 2.75) is 57.9 Å². The summed E-state index contributed by atoms with van der Waals surface area (Å²) in [6.45, 7) is 1.50. The van der Waals surface area contributed by atoms with Crippen LogP contribution in [0.4, 0.5) is 11.4 Å². The molecule has 0 atom stereocenters. The number of nitrogens with one attached hydrogen (secondary N) is 2. The Hall–Kier alpha value is -1.71. The molecule has 0 aromatic heterocycles. The molecule has 1 fully saturated rings. The SMILES string of the molecule is COc1cc(NC2CCCCCCC2)ccc1NC(C)=O. The van der Waals surface area contributed by atoms with E-state index >= 15 is 0 Å². The molecule has 4 nitrogen and oxygen atoms in total. The maximum atomic E-state index is 11.2.